The second-order valence-electron chi connectivity index (χ2n) is 5.96. The number of amides is 1. The van der Waals surface area contributed by atoms with E-state index < -0.39 is 5.91 Å². The molecule has 0 radical (unpaired) electrons. The van der Waals surface area contributed by atoms with Crippen LogP contribution in [-0.4, -0.2) is 19.6 Å². The number of benzene rings is 3. The van der Waals surface area contributed by atoms with Crippen LogP contribution < -0.4 is 5.73 Å². The van der Waals surface area contributed by atoms with Gasteiger partial charge in [-0.05, 0) is 40.5 Å². The highest BCUT2D eigenvalue weighted by Gasteiger charge is 2.20. The van der Waals surface area contributed by atoms with E-state index in [1.165, 1.54) is 16.3 Å². The van der Waals surface area contributed by atoms with Gasteiger partial charge in [-0.2, -0.15) is 0 Å². The van der Waals surface area contributed by atoms with E-state index in [2.05, 4.69) is 30.3 Å². The number of hydrogen-bond acceptors (Lipinski definition) is 2. The van der Waals surface area contributed by atoms with Gasteiger partial charge in [0.25, 0.3) is 0 Å². The maximum atomic E-state index is 11.7. The summed E-state index contributed by atoms with van der Waals surface area (Å²) in [5, 5.41) is 2.39. The van der Waals surface area contributed by atoms with Crippen LogP contribution in [0.4, 0.5) is 0 Å². The van der Waals surface area contributed by atoms with Gasteiger partial charge in [0, 0.05) is 18.6 Å². The van der Waals surface area contributed by atoms with Crippen LogP contribution in [-0.2, 0) is 4.74 Å². The minimum absolute atomic E-state index is 0.0420. The number of carbonyl (C=O) groups excluding carboxylic acids is 1. The van der Waals surface area contributed by atoms with Crippen molar-refractivity contribution in [3.8, 4) is 0 Å². The number of nitrogens with two attached hydrogens (primary N) is 1. The summed E-state index contributed by atoms with van der Waals surface area (Å²) in [4.78, 5) is 11.7. The molecule has 0 aromatic heterocycles. The van der Waals surface area contributed by atoms with E-state index in [4.69, 9.17) is 10.5 Å². The van der Waals surface area contributed by atoms with Gasteiger partial charge in [-0.3, -0.25) is 4.79 Å². The summed E-state index contributed by atoms with van der Waals surface area (Å²) in [6.07, 6.45) is 0. The van der Waals surface area contributed by atoms with E-state index in [9.17, 15) is 4.79 Å². The predicted octanol–water partition coefficient (Wildman–Crippen LogP) is 4.03. The molecule has 1 amide bonds. The highest BCUT2D eigenvalue weighted by Crippen LogP contribution is 2.33. The Kier molecular flexibility index (Phi) is 4.63. The summed E-state index contributed by atoms with van der Waals surface area (Å²) in [6, 6.07) is 20.3. The molecule has 0 aliphatic rings. The lowest BCUT2D eigenvalue weighted by atomic mass is 9.85. The maximum absolute atomic E-state index is 11.7. The molecule has 24 heavy (non-hydrogen) atoms. The molecule has 3 nitrogen and oxygen atoms in total. The molecule has 1 atom stereocenters. The van der Waals surface area contributed by atoms with Gasteiger partial charge in [0.15, 0.2) is 0 Å². The summed E-state index contributed by atoms with van der Waals surface area (Å²) >= 11 is 0. The molecule has 3 rings (SSSR count). The minimum Gasteiger partial charge on any atom is -0.384 e. The molecule has 0 spiro atoms. The third-order valence-electron chi connectivity index (χ3n) is 4.55. The van der Waals surface area contributed by atoms with Gasteiger partial charge in [0.2, 0.25) is 5.91 Å². The number of ether oxygens (including phenoxy) is 1. The lowest BCUT2D eigenvalue weighted by molar-refractivity contribution is 0.0999. The first-order valence-corrected chi connectivity index (χ1v) is 7.99. The van der Waals surface area contributed by atoms with Crippen LogP contribution in [0.5, 0.6) is 0 Å². The van der Waals surface area contributed by atoms with Crippen LogP contribution in [0.3, 0.4) is 0 Å². The zero-order valence-corrected chi connectivity index (χ0v) is 14.0. The highest BCUT2D eigenvalue weighted by atomic mass is 16.5. The Morgan fingerprint density at radius 3 is 2.42 bits per heavy atom. The topological polar surface area (TPSA) is 52.3 Å². The van der Waals surface area contributed by atoms with Crippen LogP contribution >= 0.6 is 0 Å². The van der Waals surface area contributed by atoms with E-state index >= 15 is 0 Å². The van der Waals surface area contributed by atoms with Crippen molar-refractivity contribution in [1.82, 2.24) is 0 Å². The molecule has 0 bridgehead atoms. The fraction of sp³-hybridized carbons (Fsp3) is 0.190. The Balaban J connectivity index is 2.21. The summed E-state index contributed by atoms with van der Waals surface area (Å²) in [5.41, 5.74) is 9.26. The number of carbonyl (C=O) groups is 1. The summed E-state index contributed by atoms with van der Waals surface area (Å²) in [5.74, 6) is -0.358. The smallest absolute Gasteiger partial charge is 0.248 e. The second kappa shape index (κ2) is 6.85. The summed E-state index contributed by atoms with van der Waals surface area (Å²) in [6.45, 7) is 2.49. The largest absolute Gasteiger partial charge is 0.384 e. The third kappa shape index (κ3) is 2.91. The van der Waals surface area contributed by atoms with Gasteiger partial charge in [-0.15, -0.1) is 0 Å². The van der Waals surface area contributed by atoms with Crippen molar-refractivity contribution in [3.63, 3.8) is 0 Å². The van der Waals surface area contributed by atoms with Gasteiger partial charge in [-0.25, -0.2) is 0 Å². The third-order valence-corrected chi connectivity index (χ3v) is 4.55. The Hall–Kier alpha value is -2.65. The van der Waals surface area contributed by atoms with E-state index in [-0.39, 0.29) is 5.92 Å². The maximum Gasteiger partial charge on any atom is 0.248 e. The predicted molar refractivity (Wildman–Crippen MR) is 97.4 cm³/mol. The van der Waals surface area contributed by atoms with Gasteiger partial charge >= 0.3 is 0 Å². The van der Waals surface area contributed by atoms with Crippen LogP contribution in [0, 0.1) is 6.92 Å². The first kappa shape index (κ1) is 16.2. The van der Waals surface area contributed by atoms with Crippen LogP contribution in [0.15, 0.2) is 60.7 Å². The molecule has 3 heteroatoms. The summed E-state index contributed by atoms with van der Waals surface area (Å²) in [7, 11) is 1.70. The zero-order valence-electron chi connectivity index (χ0n) is 14.0. The van der Waals surface area contributed by atoms with Crippen molar-refractivity contribution in [2.24, 2.45) is 5.73 Å². The number of fused-ring (bicyclic) bond motifs is 1. The standard InChI is InChI=1S/C21H21NO2/c1-14-16(10-6-11-17(14)21(22)23)20(13-24-2)19-12-5-8-15-7-3-4-9-18(15)19/h3-12,20H,13H2,1-2H3,(H2,22,23). The fourth-order valence-electron chi connectivity index (χ4n) is 3.37. The number of rotatable bonds is 5. The van der Waals surface area contributed by atoms with Crippen molar-refractivity contribution in [2.45, 2.75) is 12.8 Å². The molecule has 0 saturated carbocycles. The van der Waals surface area contributed by atoms with E-state index in [0.717, 1.165) is 11.1 Å². The highest BCUT2D eigenvalue weighted by molar-refractivity contribution is 5.94. The van der Waals surface area contributed by atoms with Gasteiger partial charge < -0.3 is 10.5 Å². The monoisotopic (exact) mass is 319 g/mol. The molecule has 0 saturated heterocycles. The van der Waals surface area contributed by atoms with Gasteiger partial charge in [0.1, 0.15) is 0 Å². The molecule has 0 aliphatic carbocycles. The molecular formula is C21H21NO2. The number of methoxy groups -OCH3 is 1. The number of primary amides is 1. The molecule has 122 valence electrons. The van der Waals surface area contributed by atoms with Gasteiger partial charge in [0.05, 0.1) is 6.61 Å². The first-order chi connectivity index (χ1) is 11.6. The average molecular weight is 319 g/mol. The lowest BCUT2D eigenvalue weighted by Gasteiger charge is -2.22. The molecule has 0 fully saturated rings. The quantitative estimate of drug-likeness (QED) is 0.772. The van der Waals surface area contributed by atoms with E-state index in [1.807, 2.05) is 31.2 Å². The Morgan fingerprint density at radius 1 is 1.00 bits per heavy atom. The molecular weight excluding hydrogens is 298 g/mol. The van der Waals surface area contributed by atoms with Crippen molar-refractivity contribution in [3.05, 3.63) is 82.9 Å². The van der Waals surface area contributed by atoms with E-state index in [0.29, 0.717) is 12.2 Å². The molecule has 3 aromatic rings. The molecule has 2 N–H and O–H groups in total. The number of hydrogen-bond donors (Lipinski definition) is 1. The molecule has 1 unspecified atom stereocenters. The molecule has 0 heterocycles. The Morgan fingerprint density at radius 2 is 1.67 bits per heavy atom. The van der Waals surface area contributed by atoms with Crippen molar-refractivity contribution in [1.29, 1.82) is 0 Å². The fourth-order valence-corrected chi connectivity index (χ4v) is 3.37. The Labute approximate surface area is 142 Å². The Bertz CT molecular complexity index is 881. The average Bonchev–Trinajstić information content (AvgIpc) is 2.59. The first-order valence-electron chi connectivity index (χ1n) is 7.99. The SMILES string of the molecule is COCC(c1cccc(C(N)=O)c1C)c1cccc2ccccc12. The van der Waals surface area contributed by atoms with E-state index in [1.54, 1.807) is 13.2 Å². The van der Waals surface area contributed by atoms with Crippen LogP contribution in [0.2, 0.25) is 0 Å². The minimum atomic E-state index is -0.400. The van der Waals surface area contributed by atoms with Crippen LogP contribution in [0.1, 0.15) is 33.0 Å². The summed E-state index contributed by atoms with van der Waals surface area (Å²) < 4.78 is 5.50. The molecule has 3 aromatic carbocycles. The lowest BCUT2D eigenvalue weighted by Crippen LogP contribution is -2.16. The molecule has 0 aliphatic heterocycles. The van der Waals surface area contributed by atoms with Crippen molar-refractivity contribution < 1.29 is 9.53 Å². The van der Waals surface area contributed by atoms with Crippen molar-refractivity contribution in [2.75, 3.05) is 13.7 Å². The van der Waals surface area contributed by atoms with Crippen LogP contribution in [0.25, 0.3) is 10.8 Å². The second-order valence-corrected chi connectivity index (χ2v) is 5.96. The van der Waals surface area contributed by atoms with Crippen molar-refractivity contribution >= 4 is 16.7 Å². The normalized spacial score (nSPS) is 12.2. The zero-order chi connectivity index (χ0) is 17.1. The van der Waals surface area contributed by atoms with Gasteiger partial charge in [-0.1, -0.05) is 54.6 Å².